The maximum absolute atomic E-state index is 11.3. The topological polar surface area (TPSA) is 74.6 Å². The van der Waals surface area contributed by atoms with Gasteiger partial charge in [0.2, 0.25) is 0 Å². The first-order chi connectivity index (χ1) is 11.6. The highest BCUT2D eigenvalue weighted by Gasteiger charge is 2.13. The van der Waals surface area contributed by atoms with Crippen LogP contribution in [0.2, 0.25) is 0 Å². The third-order valence-corrected chi connectivity index (χ3v) is 5.00. The Kier molecular flexibility index (Phi) is 14.2. The third-order valence-electron chi connectivity index (χ3n) is 4.05. The van der Waals surface area contributed by atoms with Gasteiger partial charge in [-0.2, -0.15) is 8.42 Å². The van der Waals surface area contributed by atoms with E-state index in [1.165, 1.54) is 57.4 Å². The molecule has 0 aliphatic rings. The zero-order valence-corrected chi connectivity index (χ0v) is 18.0. The smallest absolute Gasteiger partial charge is 0.294 e. The van der Waals surface area contributed by atoms with E-state index in [1.54, 1.807) is 12.1 Å². The van der Waals surface area contributed by atoms with Gasteiger partial charge in [-0.25, -0.2) is 0 Å². The van der Waals surface area contributed by atoms with Crippen molar-refractivity contribution in [1.82, 2.24) is 0 Å². The van der Waals surface area contributed by atoms with E-state index in [0.717, 1.165) is 18.4 Å². The average molecular weight is 375 g/mol. The summed E-state index contributed by atoms with van der Waals surface area (Å²) in [4.78, 5) is 7.20. The second-order valence-corrected chi connectivity index (χ2v) is 7.40. The maximum atomic E-state index is 11.3. The van der Waals surface area contributed by atoms with Gasteiger partial charge in [0.1, 0.15) is 10.5 Å². The van der Waals surface area contributed by atoms with Crippen LogP contribution in [-0.4, -0.2) is 28.3 Å². The van der Waals surface area contributed by atoms with Crippen LogP contribution in [0, 0.1) is 0 Å². The predicted molar refractivity (Wildman–Crippen MR) is 104 cm³/mol. The molecule has 6 heteroatoms. The summed E-state index contributed by atoms with van der Waals surface area (Å²) in [6.45, 7) is 2.24. The van der Waals surface area contributed by atoms with E-state index < -0.39 is 10.1 Å². The van der Waals surface area contributed by atoms with Crippen molar-refractivity contribution in [1.29, 1.82) is 0 Å². The summed E-state index contributed by atoms with van der Waals surface area (Å²) >= 11 is 0. The second-order valence-electron chi connectivity index (χ2n) is 6.01. The third kappa shape index (κ3) is 11.0. The van der Waals surface area contributed by atoms with Crippen LogP contribution < -0.4 is 0 Å². The van der Waals surface area contributed by atoms with Crippen LogP contribution in [0.3, 0.4) is 0 Å². The molecule has 24 heavy (non-hydrogen) atoms. The zero-order chi connectivity index (χ0) is 18.3. The molecular weight excluding hydrogens is 340 g/mol. The van der Waals surface area contributed by atoms with Crippen LogP contribution in [0.15, 0.2) is 29.2 Å². The first-order valence-corrected chi connectivity index (χ1v) is 11.4. The molecule has 0 spiro atoms. The highest BCUT2D eigenvalue weighted by atomic mass is 32.2. The highest BCUT2D eigenvalue weighted by Crippen LogP contribution is 2.18. The summed E-state index contributed by atoms with van der Waals surface area (Å²) in [6.07, 6.45) is 13.3. The number of unbranched alkanes of at least 4 members (excludes halogenated alkanes) is 9. The molecule has 0 atom stereocenters. The Morgan fingerprint density at radius 2 is 1.29 bits per heavy atom. The van der Waals surface area contributed by atoms with E-state index >= 15 is 0 Å². The molecule has 1 aromatic carbocycles. The van der Waals surface area contributed by atoms with Crippen molar-refractivity contribution in [2.45, 2.75) is 82.4 Å². The zero-order valence-electron chi connectivity index (χ0n) is 15.2. The molecule has 0 aliphatic carbocycles. The molecule has 1 aromatic rings. The number of hydrogen-bond acceptors (Lipinski definition) is 3. The molecule has 1 rings (SSSR count). The summed E-state index contributed by atoms with van der Waals surface area (Å²) in [5, 5.41) is 0. The Labute approximate surface area is 151 Å². The fraction of sp³-hybridized carbons (Fsp3) is 0.667. The second kappa shape index (κ2) is 14.6. The number of benzene rings is 1. The van der Waals surface area contributed by atoms with Crippen molar-refractivity contribution in [2.75, 3.05) is 0 Å². The van der Waals surface area contributed by atoms with Crippen molar-refractivity contribution in [2.24, 2.45) is 0 Å². The van der Waals surface area contributed by atoms with Gasteiger partial charge in [0.05, 0.1) is 4.90 Å². The molecule has 0 amide bonds. The molecule has 0 saturated carbocycles. The lowest BCUT2D eigenvalue weighted by Crippen LogP contribution is -2.03. The molecule has 0 aromatic heterocycles. The van der Waals surface area contributed by atoms with Crippen LogP contribution in [0.1, 0.15) is 76.7 Å². The Balaban J connectivity index is 0.00000254. The number of hydrogen-bond donors (Lipinski definition) is 2. The van der Waals surface area contributed by atoms with E-state index in [-0.39, 0.29) is 4.90 Å². The minimum absolute atomic E-state index is 0.0610. The lowest BCUT2D eigenvalue weighted by Gasteiger charge is -2.07. The van der Waals surface area contributed by atoms with Gasteiger partial charge in [-0.15, -0.1) is 0 Å². The molecular formula is C18H34O4SSi. The summed E-state index contributed by atoms with van der Waals surface area (Å²) in [6, 6.07) is 6.73. The molecule has 0 aliphatic heterocycles. The van der Waals surface area contributed by atoms with Gasteiger partial charge in [-0.3, -0.25) is 4.55 Å². The van der Waals surface area contributed by atoms with Gasteiger partial charge in [-0.1, -0.05) is 82.9 Å². The Morgan fingerprint density at radius 3 is 1.79 bits per heavy atom. The summed E-state index contributed by atoms with van der Waals surface area (Å²) in [5.74, 6) is 0. The van der Waals surface area contributed by atoms with Crippen LogP contribution >= 0.6 is 0 Å². The van der Waals surface area contributed by atoms with E-state index in [4.69, 9.17) is 4.80 Å². The molecule has 2 N–H and O–H groups in total. The molecule has 0 fully saturated rings. The SMILES string of the molecule is CCCCCCCCCCCCc1ccccc1S(=O)(=O)O.O[SiH3]. The van der Waals surface area contributed by atoms with E-state index in [9.17, 15) is 13.0 Å². The minimum atomic E-state index is -4.10. The molecule has 140 valence electrons. The van der Waals surface area contributed by atoms with Crippen molar-refractivity contribution in [3.8, 4) is 0 Å². The quantitative estimate of drug-likeness (QED) is 0.333. The lowest BCUT2D eigenvalue weighted by atomic mass is 10.0. The normalized spacial score (nSPS) is 11.1. The van der Waals surface area contributed by atoms with Gasteiger partial charge in [0, 0.05) is 0 Å². The minimum Gasteiger partial charge on any atom is -0.442 e. The van der Waals surface area contributed by atoms with Gasteiger partial charge in [0.25, 0.3) is 10.1 Å². The Hall–Kier alpha value is -0.693. The van der Waals surface area contributed by atoms with Crippen LogP contribution in [0.5, 0.6) is 0 Å². The summed E-state index contributed by atoms with van der Waals surface area (Å²) in [7, 11) is -3.79. The predicted octanol–water partition coefficient (Wildman–Crippen LogP) is 3.66. The first kappa shape index (κ1) is 23.3. The largest absolute Gasteiger partial charge is 0.442 e. The van der Waals surface area contributed by atoms with Crippen LogP contribution in [0.4, 0.5) is 0 Å². The fourth-order valence-electron chi connectivity index (χ4n) is 2.76. The molecule has 0 heterocycles. The van der Waals surface area contributed by atoms with Crippen LogP contribution in [-0.2, 0) is 16.5 Å². The van der Waals surface area contributed by atoms with Crippen molar-refractivity contribution < 1.29 is 17.8 Å². The van der Waals surface area contributed by atoms with Crippen LogP contribution in [0.25, 0.3) is 0 Å². The van der Waals surface area contributed by atoms with Gasteiger partial charge < -0.3 is 4.80 Å². The molecule has 0 bridgehead atoms. The van der Waals surface area contributed by atoms with Gasteiger partial charge >= 0.3 is 0 Å². The van der Waals surface area contributed by atoms with Crippen molar-refractivity contribution >= 4 is 20.6 Å². The molecule has 0 unspecified atom stereocenters. The van der Waals surface area contributed by atoms with E-state index in [2.05, 4.69) is 6.92 Å². The Morgan fingerprint density at radius 1 is 0.833 bits per heavy atom. The standard InChI is InChI=1S/C18H30O3S.H4OSi/c1-2-3-4-5-6-7-8-9-10-11-14-17-15-12-13-16-18(17)22(19,20)21;1-2/h12-13,15-16H,2-11,14H2,1H3,(H,19,20,21);1H,2H3. The number of aryl methyl sites for hydroxylation is 1. The molecule has 0 saturated heterocycles. The average Bonchev–Trinajstić information content (AvgIpc) is 2.58. The molecule has 4 nitrogen and oxygen atoms in total. The highest BCUT2D eigenvalue weighted by molar-refractivity contribution is 7.85. The summed E-state index contributed by atoms with van der Waals surface area (Å²) < 4.78 is 31.8. The van der Waals surface area contributed by atoms with Crippen molar-refractivity contribution in [3.63, 3.8) is 0 Å². The van der Waals surface area contributed by atoms with Gasteiger partial charge in [0.15, 0.2) is 0 Å². The van der Waals surface area contributed by atoms with Crippen molar-refractivity contribution in [3.05, 3.63) is 29.8 Å². The van der Waals surface area contributed by atoms with E-state index in [0.29, 0.717) is 16.9 Å². The Bertz CT molecular complexity index is 518. The summed E-state index contributed by atoms with van der Waals surface area (Å²) in [5.41, 5.74) is 0.726. The monoisotopic (exact) mass is 374 g/mol. The lowest BCUT2D eigenvalue weighted by molar-refractivity contribution is 0.481. The fourth-order valence-corrected chi connectivity index (χ4v) is 3.52. The maximum Gasteiger partial charge on any atom is 0.294 e. The molecule has 0 radical (unpaired) electrons. The number of rotatable bonds is 12. The van der Waals surface area contributed by atoms with Gasteiger partial charge in [-0.05, 0) is 24.5 Å². The van der Waals surface area contributed by atoms with E-state index in [1.807, 2.05) is 6.07 Å². The first-order valence-electron chi connectivity index (χ1n) is 9.06.